The van der Waals surface area contributed by atoms with Crippen molar-refractivity contribution in [1.82, 2.24) is 9.21 Å². The molecule has 2 aliphatic rings. The minimum Gasteiger partial charge on any atom is -0.453 e. The van der Waals surface area contributed by atoms with Crippen molar-refractivity contribution in [2.45, 2.75) is 56.4 Å². The molecule has 0 aliphatic carbocycles. The summed E-state index contributed by atoms with van der Waals surface area (Å²) in [7, 11) is -3.53. The number of benzene rings is 1. The Morgan fingerprint density at radius 1 is 1.00 bits per heavy atom. The minimum absolute atomic E-state index is 0.132. The zero-order valence-corrected chi connectivity index (χ0v) is 18.9. The highest BCUT2D eigenvalue weighted by Gasteiger charge is 2.26. The maximum Gasteiger partial charge on any atom is 0.306 e. The van der Waals surface area contributed by atoms with Crippen LogP contribution in [-0.4, -0.2) is 75.0 Å². The normalized spacial score (nSPS) is 19.5. The number of aryl methyl sites for hydroxylation is 1. The van der Waals surface area contributed by atoms with Crippen LogP contribution < -0.4 is 0 Å². The Hall–Kier alpha value is -1.97. The molecule has 2 saturated heterocycles. The number of sulfonamides is 1. The van der Waals surface area contributed by atoms with Crippen molar-refractivity contribution in [3.8, 4) is 0 Å². The van der Waals surface area contributed by atoms with Gasteiger partial charge in [0.15, 0.2) is 6.10 Å². The fourth-order valence-electron chi connectivity index (χ4n) is 3.87. The lowest BCUT2D eigenvalue weighted by Crippen LogP contribution is -2.40. The molecule has 1 aromatic rings. The van der Waals surface area contributed by atoms with Crippen molar-refractivity contribution in [1.29, 1.82) is 0 Å². The van der Waals surface area contributed by atoms with E-state index in [0.29, 0.717) is 32.7 Å². The number of hydrogen-bond donors (Lipinski definition) is 0. The van der Waals surface area contributed by atoms with Crippen LogP contribution in [0.4, 0.5) is 0 Å². The lowest BCUT2D eigenvalue weighted by Gasteiger charge is -2.26. The Balaban J connectivity index is 1.48. The molecule has 1 atom stereocenters. The van der Waals surface area contributed by atoms with Crippen LogP contribution in [0.1, 0.15) is 44.6 Å². The van der Waals surface area contributed by atoms with E-state index in [0.717, 1.165) is 44.3 Å². The number of rotatable bonds is 7. The van der Waals surface area contributed by atoms with Crippen molar-refractivity contribution in [2.24, 2.45) is 0 Å². The van der Waals surface area contributed by atoms with E-state index < -0.39 is 22.1 Å². The molecule has 0 spiro atoms. The Kier molecular flexibility index (Phi) is 8.45. The van der Waals surface area contributed by atoms with Gasteiger partial charge in [0.05, 0.1) is 18.1 Å². The van der Waals surface area contributed by atoms with Gasteiger partial charge in [-0.3, -0.25) is 9.59 Å². The quantitative estimate of drug-likeness (QED) is 0.588. The van der Waals surface area contributed by atoms with E-state index in [9.17, 15) is 18.0 Å². The molecule has 1 aromatic carbocycles. The molecular formula is C22H32N2O6S. The van der Waals surface area contributed by atoms with E-state index in [4.69, 9.17) is 9.47 Å². The van der Waals surface area contributed by atoms with Gasteiger partial charge in [-0.1, -0.05) is 25.0 Å². The molecule has 9 heteroatoms. The third-order valence-electron chi connectivity index (χ3n) is 5.72. The highest BCUT2D eigenvalue weighted by molar-refractivity contribution is 7.89. The molecule has 0 radical (unpaired) electrons. The summed E-state index contributed by atoms with van der Waals surface area (Å²) in [6, 6.07) is 6.56. The van der Waals surface area contributed by atoms with Crippen LogP contribution in [0, 0.1) is 0 Å². The molecule has 1 unspecified atom stereocenters. The number of nitrogens with zero attached hydrogens (tertiary/aromatic N) is 2. The number of hydrogen-bond acceptors (Lipinski definition) is 6. The average Bonchev–Trinajstić information content (AvgIpc) is 3.07. The SMILES string of the molecule is CC(OC(=O)CCc1ccc(S(=O)(=O)N2CCOCC2)cc1)C(=O)N1CCCCCC1. The van der Waals surface area contributed by atoms with Crippen LogP contribution in [0.25, 0.3) is 0 Å². The number of likely N-dealkylation sites (tertiary alicyclic amines) is 1. The first kappa shape index (κ1) is 23.7. The van der Waals surface area contributed by atoms with Gasteiger partial charge in [0.2, 0.25) is 10.0 Å². The smallest absolute Gasteiger partial charge is 0.306 e. The molecular weight excluding hydrogens is 420 g/mol. The molecule has 2 fully saturated rings. The molecule has 1 amide bonds. The molecule has 2 aliphatic heterocycles. The second kappa shape index (κ2) is 11.1. The molecule has 31 heavy (non-hydrogen) atoms. The Morgan fingerprint density at radius 3 is 2.23 bits per heavy atom. The Labute approximate surface area is 184 Å². The molecule has 0 aromatic heterocycles. The van der Waals surface area contributed by atoms with Gasteiger partial charge >= 0.3 is 5.97 Å². The second-order valence-corrected chi connectivity index (χ2v) is 9.97. The van der Waals surface area contributed by atoms with Gasteiger partial charge in [0.1, 0.15) is 0 Å². The molecule has 0 saturated carbocycles. The molecule has 8 nitrogen and oxygen atoms in total. The summed E-state index contributed by atoms with van der Waals surface area (Å²) in [5.74, 6) is -0.561. The summed E-state index contributed by atoms with van der Waals surface area (Å²) in [4.78, 5) is 26.7. The van der Waals surface area contributed by atoms with E-state index in [2.05, 4.69) is 0 Å². The van der Waals surface area contributed by atoms with Gasteiger partial charge in [0.25, 0.3) is 5.91 Å². The molecule has 172 valence electrons. The lowest BCUT2D eigenvalue weighted by molar-refractivity contribution is -0.159. The van der Waals surface area contributed by atoms with Gasteiger partial charge in [-0.05, 0) is 43.9 Å². The highest BCUT2D eigenvalue weighted by Crippen LogP contribution is 2.18. The predicted octanol–water partition coefficient (Wildman–Crippen LogP) is 1.97. The van der Waals surface area contributed by atoms with Gasteiger partial charge in [-0.25, -0.2) is 8.42 Å². The molecule has 2 heterocycles. The fraction of sp³-hybridized carbons (Fsp3) is 0.636. The summed E-state index contributed by atoms with van der Waals surface area (Å²) in [5.41, 5.74) is 0.837. The Morgan fingerprint density at radius 2 is 1.61 bits per heavy atom. The monoisotopic (exact) mass is 452 g/mol. The summed E-state index contributed by atoms with van der Waals surface area (Å²) in [6.45, 7) is 4.57. The van der Waals surface area contributed by atoms with Crippen molar-refractivity contribution < 1.29 is 27.5 Å². The number of morpholine rings is 1. The number of ether oxygens (including phenoxy) is 2. The minimum atomic E-state index is -3.53. The van der Waals surface area contributed by atoms with Crippen molar-refractivity contribution in [3.63, 3.8) is 0 Å². The van der Waals surface area contributed by atoms with Crippen LogP contribution in [0.3, 0.4) is 0 Å². The summed E-state index contributed by atoms with van der Waals surface area (Å²) < 4.78 is 37.3. The summed E-state index contributed by atoms with van der Waals surface area (Å²) >= 11 is 0. The third kappa shape index (κ3) is 6.51. The zero-order chi connectivity index (χ0) is 22.3. The van der Waals surface area contributed by atoms with Crippen LogP contribution >= 0.6 is 0 Å². The maximum atomic E-state index is 12.7. The maximum absolute atomic E-state index is 12.7. The topological polar surface area (TPSA) is 93.2 Å². The first-order valence-electron chi connectivity index (χ1n) is 11.0. The number of carbonyl (C=O) groups is 2. The van der Waals surface area contributed by atoms with Gasteiger partial charge in [0, 0.05) is 32.6 Å². The first-order chi connectivity index (χ1) is 14.9. The van der Waals surface area contributed by atoms with E-state index in [-0.39, 0.29) is 17.2 Å². The van der Waals surface area contributed by atoms with Gasteiger partial charge < -0.3 is 14.4 Å². The van der Waals surface area contributed by atoms with E-state index in [1.807, 2.05) is 0 Å². The van der Waals surface area contributed by atoms with Crippen molar-refractivity contribution >= 4 is 21.9 Å². The standard InChI is InChI=1S/C22H32N2O6S/c1-18(22(26)23-12-4-2-3-5-13-23)30-21(25)11-8-19-6-9-20(10-7-19)31(27,28)24-14-16-29-17-15-24/h6-7,9-10,18H,2-5,8,11-17H2,1H3. The van der Waals surface area contributed by atoms with Crippen LogP contribution in [0.15, 0.2) is 29.2 Å². The van der Waals surface area contributed by atoms with Crippen LogP contribution in [0.5, 0.6) is 0 Å². The highest BCUT2D eigenvalue weighted by atomic mass is 32.2. The van der Waals surface area contributed by atoms with Gasteiger partial charge in [-0.15, -0.1) is 0 Å². The van der Waals surface area contributed by atoms with E-state index in [1.54, 1.807) is 36.1 Å². The van der Waals surface area contributed by atoms with E-state index >= 15 is 0 Å². The van der Waals surface area contributed by atoms with E-state index in [1.165, 1.54) is 4.31 Å². The lowest BCUT2D eigenvalue weighted by atomic mass is 10.1. The number of esters is 1. The van der Waals surface area contributed by atoms with Crippen molar-refractivity contribution in [3.05, 3.63) is 29.8 Å². The zero-order valence-electron chi connectivity index (χ0n) is 18.1. The molecule has 0 bridgehead atoms. The number of amides is 1. The largest absolute Gasteiger partial charge is 0.453 e. The van der Waals surface area contributed by atoms with Crippen molar-refractivity contribution in [2.75, 3.05) is 39.4 Å². The van der Waals surface area contributed by atoms with Crippen LogP contribution in [-0.2, 0) is 35.5 Å². The fourth-order valence-corrected chi connectivity index (χ4v) is 5.27. The molecule has 3 rings (SSSR count). The summed E-state index contributed by atoms with van der Waals surface area (Å²) in [5, 5.41) is 0. The predicted molar refractivity (Wildman–Crippen MR) is 115 cm³/mol. The van der Waals surface area contributed by atoms with Crippen LogP contribution in [0.2, 0.25) is 0 Å². The number of carbonyl (C=O) groups excluding carboxylic acids is 2. The first-order valence-corrected chi connectivity index (χ1v) is 12.5. The second-order valence-electron chi connectivity index (χ2n) is 8.03. The average molecular weight is 453 g/mol. The third-order valence-corrected chi connectivity index (χ3v) is 7.64. The Bertz CT molecular complexity index is 841. The summed E-state index contributed by atoms with van der Waals surface area (Å²) in [6.07, 6.45) is 4.00. The molecule has 0 N–H and O–H groups in total. The van der Waals surface area contributed by atoms with Gasteiger partial charge in [-0.2, -0.15) is 4.31 Å².